The molecule has 1 fully saturated rings. The maximum atomic E-state index is 13.3. The van der Waals surface area contributed by atoms with Crippen molar-refractivity contribution in [2.24, 2.45) is 5.92 Å². The van der Waals surface area contributed by atoms with Crippen molar-refractivity contribution < 1.29 is 32.1 Å². The second-order valence-corrected chi connectivity index (χ2v) is 11.6. The summed E-state index contributed by atoms with van der Waals surface area (Å²) in [6, 6.07) is 13.1. The van der Waals surface area contributed by atoms with Gasteiger partial charge in [0.15, 0.2) is 15.9 Å². The largest absolute Gasteiger partial charge is 0.416 e. The summed E-state index contributed by atoms with van der Waals surface area (Å²) in [7, 11) is -4.03. The van der Waals surface area contributed by atoms with Crippen molar-refractivity contribution in [1.82, 2.24) is 4.90 Å². The van der Waals surface area contributed by atoms with E-state index >= 15 is 0 Å². The van der Waals surface area contributed by atoms with Crippen LogP contribution in [0.15, 0.2) is 59.5 Å². The molecule has 1 aliphatic heterocycles. The van der Waals surface area contributed by atoms with E-state index in [9.17, 15) is 26.4 Å². The number of hydrogen-bond donors (Lipinski definition) is 1. The summed E-state index contributed by atoms with van der Waals surface area (Å²) in [5, 5.41) is 0. The van der Waals surface area contributed by atoms with Crippen LogP contribution in [-0.4, -0.2) is 43.1 Å². The Labute approximate surface area is 192 Å². The third-order valence-electron chi connectivity index (χ3n) is 6.63. The molecule has 5 nitrogen and oxygen atoms in total. The normalized spacial score (nSPS) is 17.1. The zero-order valence-electron chi connectivity index (χ0n) is 18.8. The van der Waals surface area contributed by atoms with Crippen molar-refractivity contribution in [1.29, 1.82) is 0 Å². The highest BCUT2D eigenvalue weighted by Gasteiger charge is 2.45. The number of carbonyl (C=O) groups excluding carboxylic acids is 1. The standard InChI is InChI=1S/C24H29F3N2O3S/c1-23(2,33(31,32)20-10-6-9-19(16-20)24(25,26)27)18-11-13-29(14-12-18)22(30)21(28)15-17-7-4-3-5-8-17/h3-10,16,18,21H,11-15,28H2,1-2H3/p+1. The first-order valence-electron chi connectivity index (χ1n) is 10.9. The maximum absolute atomic E-state index is 13.3. The minimum absolute atomic E-state index is 0.0733. The molecular formula is C24H30F3N2O3S+. The number of sulfone groups is 1. The molecular weight excluding hydrogens is 453 g/mol. The third-order valence-corrected chi connectivity index (χ3v) is 9.22. The van der Waals surface area contributed by atoms with Crippen molar-refractivity contribution in [2.45, 2.75) is 55.0 Å². The molecule has 3 rings (SSSR count). The van der Waals surface area contributed by atoms with Crippen LogP contribution < -0.4 is 5.73 Å². The highest BCUT2D eigenvalue weighted by molar-refractivity contribution is 7.92. The Kier molecular flexibility index (Phi) is 7.24. The molecule has 0 radical (unpaired) electrons. The quantitative estimate of drug-likeness (QED) is 0.684. The molecule has 0 aliphatic carbocycles. The Morgan fingerprint density at radius 1 is 1.06 bits per heavy atom. The summed E-state index contributed by atoms with van der Waals surface area (Å²) in [5.41, 5.74) is 4.04. The zero-order valence-corrected chi connectivity index (χ0v) is 19.6. The Morgan fingerprint density at radius 2 is 1.67 bits per heavy atom. The number of benzene rings is 2. The molecule has 0 aromatic heterocycles. The van der Waals surface area contributed by atoms with Gasteiger partial charge in [-0.2, -0.15) is 13.2 Å². The second kappa shape index (κ2) is 9.46. The van der Waals surface area contributed by atoms with Crippen LogP contribution in [0, 0.1) is 5.92 Å². The molecule has 2 aromatic rings. The van der Waals surface area contributed by atoms with Crippen LogP contribution in [0.5, 0.6) is 0 Å². The molecule has 9 heteroatoms. The number of nitrogens with zero attached hydrogens (tertiary/aromatic N) is 1. The highest BCUT2D eigenvalue weighted by atomic mass is 32.2. The fraction of sp³-hybridized carbons (Fsp3) is 0.458. The van der Waals surface area contributed by atoms with Gasteiger partial charge in [-0.3, -0.25) is 4.79 Å². The number of alkyl halides is 3. The van der Waals surface area contributed by atoms with Gasteiger partial charge in [-0.15, -0.1) is 0 Å². The van der Waals surface area contributed by atoms with Gasteiger partial charge in [0.1, 0.15) is 0 Å². The van der Waals surface area contributed by atoms with Gasteiger partial charge in [-0.05, 0) is 56.4 Å². The smallest absolute Gasteiger partial charge is 0.347 e. The molecule has 0 saturated carbocycles. The van der Waals surface area contributed by atoms with E-state index in [-0.39, 0.29) is 16.7 Å². The number of piperidine rings is 1. The van der Waals surface area contributed by atoms with Gasteiger partial charge in [0, 0.05) is 19.5 Å². The fourth-order valence-corrected chi connectivity index (χ4v) is 6.22. The maximum Gasteiger partial charge on any atom is 0.416 e. The monoisotopic (exact) mass is 483 g/mol. The van der Waals surface area contributed by atoms with Crippen molar-refractivity contribution in [2.75, 3.05) is 13.1 Å². The van der Waals surface area contributed by atoms with Gasteiger partial charge >= 0.3 is 6.18 Å². The average molecular weight is 484 g/mol. The van der Waals surface area contributed by atoms with Gasteiger partial charge in [-0.1, -0.05) is 36.4 Å². The minimum atomic E-state index is -4.62. The van der Waals surface area contributed by atoms with E-state index in [1.807, 2.05) is 30.3 Å². The first-order valence-corrected chi connectivity index (χ1v) is 12.4. The molecule has 0 spiro atoms. The molecule has 33 heavy (non-hydrogen) atoms. The van der Waals surface area contributed by atoms with E-state index in [1.165, 1.54) is 6.07 Å². The lowest BCUT2D eigenvalue weighted by Gasteiger charge is -2.40. The fourth-order valence-electron chi connectivity index (χ4n) is 4.40. The molecule has 1 amide bonds. The van der Waals surface area contributed by atoms with Crippen molar-refractivity contribution in [3.63, 3.8) is 0 Å². The number of amides is 1. The van der Waals surface area contributed by atoms with Crippen LogP contribution in [-0.2, 0) is 27.2 Å². The van der Waals surface area contributed by atoms with Gasteiger partial charge in [0.2, 0.25) is 0 Å². The van der Waals surface area contributed by atoms with Crippen molar-refractivity contribution >= 4 is 15.7 Å². The first kappa shape index (κ1) is 25.2. The molecule has 3 N–H and O–H groups in total. The number of carbonyl (C=O) groups is 1. The summed E-state index contributed by atoms with van der Waals surface area (Å²) >= 11 is 0. The van der Waals surface area contributed by atoms with Crippen LogP contribution in [0.3, 0.4) is 0 Å². The number of hydrogen-bond acceptors (Lipinski definition) is 3. The topological polar surface area (TPSA) is 82.1 Å². The van der Waals surface area contributed by atoms with E-state index in [0.717, 1.165) is 17.7 Å². The average Bonchev–Trinajstić information content (AvgIpc) is 2.78. The Morgan fingerprint density at radius 3 is 2.24 bits per heavy atom. The number of rotatable bonds is 6. The summed E-state index contributed by atoms with van der Waals surface area (Å²) in [6.07, 6.45) is -3.19. The molecule has 0 bridgehead atoms. The van der Waals surface area contributed by atoms with Gasteiger partial charge in [-0.25, -0.2) is 8.42 Å². The molecule has 1 atom stereocenters. The van der Waals surface area contributed by atoms with Crippen LogP contribution in [0.1, 0.15) is 37.8 Å². The van der Waals surface area contributed by atoms with E-state index in [2.05, 4.69) is 5.73 Å². The Bertz CT molecular complexity index is 1080. The van der Waals surface area contributed by atoms with Gasteiger partial charge < -0.3 is 10.6 Å². The van der Waals surface area contributed by atoms with Crippen LogP contribution in [0.2, 0.25) is 0 Å². The van der Waals surface area contributed by atoms with E-state index in [1.54, 1.807) is 18.7 Å². The van der Waals surface area contributed by atoms with Crippen LogP contribution >= 0.6 is 0 Å². The molecule has 2 aromatic carbocycles. The van der Waals surface area contributed by atoms with E-state index in [0.29, 0.717) is 38.4 Å². The van der Waals surface area contributed by atoms with Gasteiger partial charge in [0.25, 0.3) is 5.91 Å². The Balaban J connectivity index is 1.68. The highest BCUT2D eigenvalue weighted by Crippen LogP contribution is 2.39. The molecule has 1 saturated heterocycles. The second-order valence-electron chi connectivity index (χ2n) is 9.12. The van der Waals surface area contributed by atoms with Crippen LogP contribution in [0.25, 0.3) is 0 Å². The van der Waals surface area contributed by atoms with Gasteiger partial charge in [0.05, 0.1) is 15.2 Å². The van der Waals surface area contributed by atoms with E-state index < -0.39 is 32.4 Å². The first-order chi connectivity index (χ1) is 15.3. The molecule has 1 aliphatic rings. The van der Waals surface area contributed by atoms with Crippen molar-refractivity contribution in [3.8, 4) is 0 Å². The lowest BCUT2D eigenvalue weighted by molar-refractivity contribution is -0.405. The SMILES string of the molecule is CC(C)(C1CCN(C(=O)C([NH3+])Cc2ccccc2)CC1)S(=O)(=O)c1cccc(C(F)(F)F)c1. The predicted molar refractivity (Wildman–Crippen MR) is 119 cm³/mol. The summed E-state index contributed by atoms with van der Waals surface area (Å²) < 4.78 is 64.6. The zero-order chi connectivity index (χ0) is 24.4. The van der Waals surface area contributed by atoms with Crippen LogP contribution in [0.4, 0.5) is 13.2 Å². The summed E-state index contributed by atoms with van der Waals surface area (Å²) in [4.78, 5) is 14.2. The third kappa shape index (κ3) is 5.41. The lowest BCUT2D eigenvalue weighted by Crippen LogP contribution is -2.69. The molecule has 1 unspecified atom stereocenters. The summed E-state index contributed by atoms with van der Waals surface area (Å²) in [6.45, 7) is 3.91. The number of halogens is 3. The minimum Gasteiger partial charge on any atom is -0.347 e. The molecule has 180 valence electrons. The van der Waals surface area contributed by atoms with Crippen molar-refractivity contribution in [3.05, 3.63) is 65.7 Å². The Hall–Kier alpha value is -2.39. The van der Waals surface area contributed by atoms with E-state index in [4.69, 9.17) is 0 Å². The number of likely N-dealkylation sites (tertiary alicyclic amines) is 1. The molecule has 1 heterocycles. The lowest BCUT2D eigenvalue weighted by atomic mass is 9.85. The predicted octanol–water partition coefficient (Wildman–Crippen LogP) is 3.35. The number of quaternary nitrogens is 1. The summed E-state index contributed by atoms with van der Waals surface area (Å²) in [5.74, 6) is -0.366.